The number of aromatic amines is 1. The van der Waals surface area contributed by atoms with Crippen molar-refractivity contribution in [3.8, 4) is 0 Å². The molecular weight excluding hydrogens is 348 g/mol. The number of rotatable bonds is 3. The number of urea groups is 1. The predicted molar refractivity (Wildman–Crippen MR) is 96.1 cm³/mol. The van der Waals surface area contributed by atoms with E-state index in [1.165, 1.54) is 12.5 Å². The number of likely N-dealkylation sites (tertiary alicyclic amines) is 2. The van der Waals surface area contributed by atoms with Crippen LogP contribution in [-0.4, -0.2) is 69.1 Å². The SMILES string of the molecule is Cc1nc([C@]23CN(C(=O)NC(C)C)C[C@H]2CN(C(=O)c2ccoc2)C3)n[nH]1. The summed E-state index contributed by atoms with van der Waals surface area (Å²) in [4.78, 5) is 33.5. The Morgan fingerprint density at radius 3 is 2.70 bits per heavy atom. The molecule has 0 aliphatic carbocycles. The van der Waals surface area contributed by atoms with Crippen molar-refractivity contribution in [2.75, 3.05) is 26.2 Å². The molecule has 0 bridgehead atoms. The highest BCUT2D eigenvalue weighted by molar-refractivity contribution is 5.94. The second-order valence-electron chi connectivity index (χ2n) is 7.78. The molecule has 144 valence electrons. The summed E-state index contributed by atoms with van der Waals surface area (Å²) < 4.78 is 5.05. The maximum Gasteiger partial charge on any atom is 0.317 e. The van der Waals surface area contributed by atoms with Crippen molar-refractivity contribution in [1.82, 2.24) is 30.3 Å². The highest BCUT2D eigenvalue weighted by atomic mass is 16.3. The zero-order chi connectivity index (χ0) is 19.2. The van der Waals surface area contributed by atoms with Crippen molar-refractivity contribution in [2.24, 2.45) is 5.92 Å². The number of nitrogens with one attached hydrogen (secondary N) is 2. The summed E-state index contributed by atoms with van der Waals surface area (Å²) in [5.74, 6) is 1.42. The first kappa shape index (κ1) is 17.6. The first-order valence-electron chi connectivity index (χ1n) is 9.15. The molecule has 9 nitrogen and oxygen atoms in total. The molecule has 2 saturated heterocycles. The van der Waals surface area contributed by atoms with Crippen molar-refractivity contribution in [3.63, 3.8) is 0 Å². The summed E-state index contributed by atoms with van der Waals surface area (Å²) in [6.07, 6.45) is 2.96. The lowest BCUT2D eigenvalue weighted by Crippen LogP contribution is -2.46. The van der Waals surface area contributed by atoms with E-state index >= 15 is 0 Å². The van der Waals surface area contributed by atoms with Gasteiger partial charge in [0.2, 0.25) is 0 Å². The van der Waals surface area contributed by atoms with Crippen LogP contribution < -0.4 is 5.32 Å². The second-order valence-corrected chi connectivity index (χ2v) is 7.78. The predicted octanol–water partition coefficient (Wildman–Crippen LogP) is 1.15. The Labute approximate surface area is 157 Å². The number of hydrogen-bond acceptors (Lipinski definition) is 5. The van der Waals surface area contributed by atoms with Gasteiger partial charge in [-0.25, -0.2) is 9.78 Å². The Morgan fingerprint density at radius 1 is 1.33 bits per heavy atom. The molecule has 2 aliphatic heterocycles. The van der Waals surface area contributed by atoms with Crippen LogP contribution in [0.25, 0.3) is 0 Å². The number of furan rings is 1. The zero-order valence-corrected chi connectivity index (χ0v) is 15.7. The standard InChI is InChI=1S/C18H24N6O3/c1-11(2)19-17(26)24-7-14-6-23(15(25)13-4-5-27-8-13)9-18(14,10-24)16-20-12(3)21-22-16/h4-5,8,11,14H,6-7,9-10H2,1-3H3,(H,19,26)(H,20,21,22)/t14-,18-/m1/s1. The summed E-state index contributed by atoms with van der Waals surface area (Å²) in [6.45, 7) is 7.82. The monoisotopic (exact) mass is 372 g/mol. The third-order valence-corrected chi connectivity index (χ3v) is 5.41. The van der Waals surface area contributed by atoms with Gasteiger partial charge in [-0.2, -0.15) is 5.10 Å². The lowest BCUT2D eigenvalue weighted by Gasteiger charge is -2.27. The number of aryl methyl sites for hydroxylation is 1. The van der Waals surface area contributed by atoms with Crippen LogP contribution in [0.3, 0.4) is 0 Å². The van der Waals surface area contributed by atoms with Crippen LogP contribution in [0.5, 0.6) is 0 Å². The molecule has 2 aromatic heterocycles. The zero-order valence-electron chi connectivity index (χ0n) is 15.7. The molecule has 4 heterocycles. The van der Waals surface area contributed by atoms with E-state index in [1.54, 1.807) is 6.07 Å². The van der Waals surface area contributed by atoms with Gasteiger partial charge >= 0.3 is 6.03 Å². The van der Waals surface area contributed by atoms with Crippen molar-refractivity contribution in [1.29, 1.82) is 0 Å². The molecule has 4 rings (SSSR count). The van der Waals surface area contributed by atoms with Gasteiger partial charge in [-0.15, -0.1) is 0 Å². The van der Waals surface area contributed by atoms with Gasteiger partial charge in [0.1, 0.15) is 12.1 Å². The first-order valence-corrected chi connectivity index (χ1v) is 9.15. The number of H-pyrrole nitrogens is 1. The molecule has 9 heteroatoms. The van der Waals surface area contributed by atoms with Gasteiger partial charge in [0.25, 0.3) is 5.91 Å². The molecule has 2 fully saturated rings. The summed E-state index contributed by atoms with van der Waals surface area (Å²) in [5.41, 5.74) is 0.0732. The number of hydrogen-bond donors (Lipinski definition) is 2. The molecule has 0 aromatic carbocycles. The lowest BCUT2D eigenvalue weighted by molar-refractivity contribution is 0.0772. The van der Waals surface area contributed by atoms with Gasteiger partial charge in [-0.1, -0.05) is 0 Å². The Morgan fingerprint density at radius 2 is 2.07 bits per heavy atom. The van der Waals surface area contributed by atoms with Gasteiger partial charge in [0.05, 0.1) is 17.2 Å². The quantitative estimate of drug-likeness (QED) is 0.840. The molecule has 0 radical (unpaired) electrons. The van der Waals surface area contributed by atoms with Gasteiger partial charge in [0.15, 0.2) is 5.82 Å². The number of aromatic nitrogens is 3. The Hall–Kier alpha value is -2.84. The van der Waals surface area contributed by atoms with Crippen LogP contribution in [0.1, 0.15) is 35.9 Å². The van der Waals surface area contributed by atoms with Crippen LogP contribution >= 0.6 is 0 Å². The topological polar surface area (TPSA) is 107 Å². The average molecular weight is 372 g/mol. The second kappa shape index (κ2) is 6.40. The van der Waals surface area contributed by atoms with Gasteiger partial charge in [0, 0.05) is 38.1 Å². The van der Waals surface area contributed by atoms with Crippen LogP contribution in [0.4, 0.5) is 4.79 Å². The molecule has 0 unspecified atom stereocenters. The molecular formula is C18H24N6O3. The minimum Gasteiger partial charge on any atom is -0.472 e. The summed E-state index contributed by atoms with van der Waals surface area (Å²) in [7, 11) is 0. The molecule has 0 spiro atoms. The van der Waals surface area contributed by atoms with E-state index in [-0.39, 0.29) is 23.9 Å². The maximum atomic E-state index is 12.8. The normalized spacial score (nSPS) is 24.5. The van der Waals surface area contributed by atoms with E-state index in [2.05, 4.69) is 20.5 Å². The van der Waals surface area contributed by atoms with Gasteiger partial charge < -0.3 is 19.5 Å². The average Bonchev–Trinajstić information content (AvgIpc) is 3.36. The lowest BCUT2D eigenvalue weighted by atomic mass is 9.80. The van der Waals surface area contributed by atoms with Crippen LogP contribution in [-0.2, 0) is 5.41 Å². The Balaban J connectivity index is 1.61. The van der Waals surface area contributed by atoms with Crippen molar-refractivity contribution < 1.29 is 14.0 Å². The number of fused-ring (bicyclic) bond motifs is 1. The smallest absolute Gasteiger partial charge is 0.317 e. The molecule has 2 aromatic rings. The van der Waals surface area contributed by atoms with Gasteiger partial charge in [-0.3, -0.25) is 9.89 Å². The van der Waals surface area contributed by atoms with Gasteiger partial charge in [-0.05, 0) is 26.8 Å². The van der Waals surface area contributed by atoms with Crippen LogP contribution in [0, 0.1) is 12.8 Å². The molecule has 0 saturated carbocycles. The third-order valence-electron chi connectivity index (χ3n) is 5.41. The minimum absolute atomic E-state index is 0.0667. The van der Waals surface area contributed by atoms with E-state index in [0.717, 1.165) is 5.82 Å². The highest BCUT2D eigenvalue weighted by Gasteiger charge is 2.57. The fourth-order valence-electron chi connectivity index (χ4n) is 4.16. The summed E-state index contributed by atoms with van der Waals surface area (Å²) in [6, 6.07) is 1.65. The van der Waals surface area contributed by atoms with Crippen molar-refractivity contribution >= 4 is 11.9 Å². The van der Waals surface area contributed by atoms with Crippen molar-refractivity contribution in [2.45, 2.75) is 32.2 Å². The molecule has 2 aliphatic rings. The summed E-state index contributed by atoms with van der Waals surface area (Å²) >= 11 is 0. The fraction of sp³-hybridized carbons (Fsp3) is 0.556. The molecule has 3 amide bonds. The minimum atomic E-state index is -0.460. The number of amides is 3. The summed E-state index contributed by atoms with van der Waals surface area (Å²) in [5, 5.41) is 10.2. The van der Waals surface area contributed by atoms with E-state index < -0.39 is 5.41 Å². The number of nitrogens with zero attached hydrogens (tertiary/aromatic N) is 4. The Bertz CT molecular complexity index is 845. The van der Waals surface area contributed by atoms with E-state index in [0.29, 0.717) is 37.6 Å². The number of carbonyl (C=O) groups is 2. The Kier molecular flexibility index (Phi) is 4.16. The van der Waals surface area contributed by atoms with E-state index in [4.69, 9.17) is 4.42 Å². The largest absolute Gasteiger partial charge is 0.472 e. The van der Waals surface area contributed by atoms with Crippen LogP contribution in [0.15, 0.2) is 23.0 Å². The third kappa shape index (κ3) is 2.96. The number of carbonyl (C=O) groups excluding carboxylic acids is 2. The maximum absolute atomic E-state index is 12.8. The fourth-order valence-corrected chi connectivity index (χ4v) is 4.16. The highest BCUT2D eigenvalue weighted by Crippen LogP contribution is 2.44. The first-order chi connectivity index (χ1) is 12.9. The molecule has 2 atom stereocenters. The molecule has 2 N–H and O–H groups in total. The van der Waals surface area contributed by atoms with E-state index in [9.17, 15) is 9.59 Å². The molecule has 27 heavy (non-hydrogen) atoms. The van der Waals surface area contributed by atoms with Crippen LogP contribution in [0.2, 0.25) is 0 Å². The van der Waals surface area contributed by atoms with Crippen molar-refractivity contribution in [3.05, 3.63) is 35.8 Å². The van der Waals surface area contributed by atoms with E-state index in [1.807, 2.05) is 30.6 Å².